The van der Waals surface area contributed by atoms with Crippen LogP contribution in [0.15, 0.2) is 28.1 Å². The Morgan fingerprint density at radius 3 is 1.90 bits per heavy atom. The van der Waals surface area contributed by atoms with Gasteiger partial charge in [-0.15, -0.1) is 22.7 Å². The molecular formula is C12H4BBrN2S4. The van der Waals surface area contributed by atoms with E-state index in [2.05, 4.69) is 32.0 Å². The Labute approximate surface area is 140 Å². The van der Waals surface area contributed by atoms with Crippen LogP contribution in [0.5, 0.6) is 0 Å². The third-order valence-electron chi connectivity index (χ3n) is 2.60. The third kappa shape index (κ3) is 2.29. The van der Waals surface area contributed by atoms with Gasteiger partial charge in [0.05, 0.1) is 13.5 Å². The Morgan fingerprint density at radius 2 is 1.40 bits per heavy atom. The van der Waals surface area contributed by atoms with Crippen molar-refractivity contribution in [3.8, 4) is 19.8 Å². The van der Waals surface area contributed by atoms with Gasteiger partial charge in [0.15, 0.2) is 9.66 Å². The molecule has 2 nitrogen and oxygen atoms in total. The summed E-state index contributed by atoms with van der Waals surface area (Å²) < 4.78 is 1.93. The van der Waals surface area contributed by atoms with E-state index in [0.29, 0.717) is 0 Å². The van der Waals surface area contributed by atoms with Gasteiger partial charge >= 0.3 is 0 Å². The average molecular weight is 395 g/mol. The van der Waals surface area contributed by atoms with E-state index in [1.807, 2.05) is 18.2 Å². The quantitative estimate of drug-likeness (QED) is 0.457. The molecule has 20 heavy (non-hydrogen) atoms. The number of rotatable bonds is 2. The second kappa shape index (κ2) is 5.03. The largest absolute Gasteiger partial charge is 0.222 e. The number of fused-ring (bicyclic) bond motifs is 1. The molecule has 0 fully saturated rings. The topological polar surface area (TPSA) is 25.8 Å². The zero-order chi connectivity index (χ0) is 13.7. The Hall–Kier alpha value is -0.535. The van der Waals surface area contributed by atoms with Crippen molar-refractivity contribution in [2.45, 2.75) is 0 Å². The van der Waals surface area contributed by atoms with Crippen molar-refractivity contribution in [3.05, 3.63) is 28.1 Å². The molecule has 0 aliphatic rings. The lowest BCUT2D eigenvalue weighted by molar-refractivity contribution is 1.51. The molecule has 4 rings (SSSR count). The fourth-order valence-corrected chi connectivity index (χ4v) is 6.06. The molecule has 0 bridgehead atoms. The van der Waals surface area contributed by atoms with Crippen molar-refractivity contribution in [1.29, 1.82) is 0 Å². The minimum Gasteiger partial charge on any atom is -0.222 e. The molecule has 0 saturated heterocycles. The van der Waals surface area contributed by atoms with Crippen LogP contribution in [-0.4, -0.2) is 17.8 Å². The number of thiazole rings is 2. The standard InChI is InChI=1S/C12H4BBrN2S4/c13-7-3-1-5(17-7)9-15-11-12(19-9)16-10(20-11)6-2-4-8(14)18-6/h1-4H. The molecule has 0 N–H and O–H groups in total. The highest BCUT2D eigenvalue weighted by molar-refractivity contribution is 9.11. The van der Waals surface area contributed by atoms with E-state index >= 15 is 0 Å². The monoisotopic (exact) mass is 394 g/mol. The first kappa shape index (κ1) is 13.2. The molecule has 2 radical (unpaired) electrons. The second-order valence-corrected chi connectivity index (χ2v) is 9.49. The Bertz CT molecular complexity index is 802. The molecule has 0 aliphatic heterocycles. The summed E-state index contributed by atoms with van der Waals surface area (Å²) >= 11 is 9.99. The van der Waals surface area contributed by atoms with Gasteiger partial charge in [-0.2, -0.15) is 0 Å². The fraction of sp³-hybridized carbons (Fsp3) is 0. The minimum atomic E-state index is 0.815. The van der Waals surface area contributed by atoms with E-state index in [-0.39, 0.29) is 0 Å². The van der Waals surface area contributed by atoms with E-state index in [4.69, 9.17) is 7.85 Å². The van der Waals surface area contributed by atoms with Crippen LogP contribution >= 0.6 is 61.3 Å². The maximum absolute atomic E-state index is 5.77. The van der Waals surface area contributed by atoms with Gasteiger partial charge in [-0.3, -0.25) is 0 Å². The molecule has 0 spiro atoms. The molecule has 0 aromatic carbocycles. The van der Waals surface area contributed by atoms with Crippen LogP contribution in [0.4, 0.5) is 0 Å². The summed E-state index contributed by atoms with van der Waals surface area (Å²) in [6, 6.07) is 8.05. The smallest absolute Gasteiger partial charge is 0.155 e. The van der Waals surface area contributed by atoms with E-state index < -0.39 is 0 Å². The predicted octanol–water partition coefficient (Wildman–Crippen LogP) is 4.77. The highest BCUT2D eigenvalue weighted by Crippen LogP contribution is 2.39. The first-order chi connectivity index (χ1) is 9.69. The van der Waals surface area contributed by atoms with Crippen molar-refractivity contribution in [3.63, 3.8) is 0 Å². The molecule has 8 heteroatoms. The minimum absolute atomic E-state index is 0.815. The summed E-state index contributed by atoms with van der Waals surface area (Å²) in [7, 11) is 5.77. The molecule has 0 unspecified atom stereocenters. The van der Waals surface area contributed by atoms with Gasteiger partial charge in [-0.05, 0) is 38.9 Å². The fourth-order valence-electron chi connectivity index (χ4n) is 1.75. The second-order valence-electron chi connectivity index (χ2n) is 3.95. The molecule has 4 aromatic heterocycles. The highest BCUT2D eigenvalue weighted by atomic mass is 79.9. The summed E-state index contributed by atoms with van der Waals surface area (Å²) in [5, 5.41) is 2.03. The van der Waals surface area contributed by atoms with Crippen molar-refractivity contribution in [1.82, 2.24) is 9.97 Å². The number of aromatic nitrogens is 2. The van der Waals surface area contributed by atoms with Crippen LogP contribution in [-0.2, 0) is 0 Å². The Balaban J connectivity index is 1.77. The molecular weight excluding hydrogens is 391 g/mol. The summed E-state index contributed by atoms with van der Waals surface area (Å²) in [4.78, 5) is 13.6. The lowest BCUT2D eigenvalue weighted by Crippen LogP contribution is -1.88. The zero-order valence-corrected chi connectivity index (χ0v) is 14.6. The van der Waals surface area contributed by atoms with Gasteiger partial charge in [-0.1, -0.05) is 28.7 Å². The Kier molecular flexibility index (Phi) is 3.31. The number of halogens is 1. The highest BCUT2D eigenvalue weighted by Gasteiger charge is 2.14. The van der Waals surface area contributed by atoms with Crippen LogP contribution in [0.1, 0.15) is 0 Å². The number of hydrogen-bond acceptors (Lipinski definition) is 6. The maximum Gasteiger partial charge on any atom is 0.155 e. The van der Waals surface area contributed by atoms with Crippen molar-refractivity contribution in [2.24, 2.45) is 0 Å². The summed E-state index contributed by atoms with van der Waals surface area (Å²) in [6.07, 6.45) is 0. The van der Waals surface area contributed by atoms with Gasteiger partial charge < -0.3 is 0 Å². The lowest BCUT2D eigenvalue weighted by Gasteiger charge is -1.88. The molecule has 4 heterocycles. The van der Waals surface area contributed by atoms with Crippen LogP contribution in [0.25, 0.3) is 29.4 Å². The van der Waals surface area contributed by atoms with Crippen molar-refractivity contribution in [2.75, 3.05) is 0 Å². The molecule has 4 aromatic rings. The summed E-state index contributed by atoms with van der Waals surface area (Å²) in [5.41, 5.74) is 0. The molecule has 0 aliphatic carbocycles. The average Bonchev–Trinajstić information content (AvgIpc) is 3.09. The first-order valence-corrected chi connectivity index (χ1v) is 9.64. The van der Waals surface area contributed by atoms with Crippen LogP contribution < -0.4 is 4.78 Å². The van der Waals surface area contributed by atoms with Gasteiger partial charge in [-0.25, -0.2) is 9.97 Å². The normalized spacial score (nSPS) is 11.4. The Morgan fingerprint density at radius 1 is 0.800 bits per heavy atom. The molecule has 0 saturated carbocycles. The summed E-state index contributed by atoms with van der Waals surface area (Å²) in [5.74, 6) is 0. The van der Waals surface area contributed by atoms with Gasteiger partial charge in [0, 0.05) is 0 Å². The van der Waals surface area contributed by atoms with E-state index in [9.17, 15) is 0 Å². The van der Waals surface area contributed by atoms with Crippen molar-refractivity contribution < 1.29 is 0 Å². The van der Waals surface area contributed by atoms with E-state index in [0.717, 1.165) is 33.1 Å². The molecule has 96 valence electrons. The predicted molar refractivity (Wildman–Crippen MR) is 95.0 cm³/mol. The van der Waals surface area contributed by atoms with Gasteiger partial charge in [0.1, 0.15) is 17.9 Å². The summed E-state index contributed by atoms with van der Waals surface area (Å²) in [6.45, 7) is 0. The van der Waals surface area contributed by atoms with Crippen LogP contribution in [0.3, 0.4) is 0 Å². The third-order valence-corrected chi connectivity index (χ3v) is 7.50. The lowest BCUT2D eigenvalue weighted by atomic mass is 10.1. The van der Waals surface area contributed by atoms with E-state index in [1.54, 1.807) is 45.3 Å². The first-order valence-electron chi connectivity index (χ1n) is 5.58. The molecule has 0 amide bonds. The van der Waals surface area contributed by atoms with Crippen molar-refractivity contribution >= 4 is 83.6 Å². The zero-order valence-electron chi connectivity index (χ0n) is 9.79. The van der Waals surface area contributed by atoms with Gasteiger partial charge in [0.25, 0.3) is 0 Å². The molecule has 0 atom stereocenters. The SMILES string of the molecule is [B]c1ccc(-c2nc3sc(-c4ccc(Br)s4)nc3s2)s1. The maximum atomic E-state index is 5.77. The van der Waals surface area contributed by atoms with Gasteiger partial charge in [0.2, 0.25) is 0 Å². The number of hydrogen-bond donors (Lipinski definition) is 0. The van der Waals surface area contributed by atoms with Crippen LogP contribution in [0, 0.1) is 0 Å². The number of thiophene rings is 2. The van der Waals surface area contributed by atoms with E-state index in [1.165, 1.54) is 4.88 Å². The number of nitrogens with zero attached hydrogens (tertiary/aromatic N) is 2. The van der Waals surface area contributed by atoms with Crippen LogP contribution in [0.2, 0.25) is 0 Å².